The van der Waals surface area contributed by atoms with Crippen LogP contribution in [0.25, 0.3) is 0 Å². The molecule has 0 aromatic carbocycles. The number of rotatable bonds is 4. The predicted molar refractivity (Wildman–Crippen MR) is 67.2 cm³/mol. The molecule has 1 saturated heterocycles. The van der Waals surface area contributed by atoms with Gasteiger partial charge in [0.15, 0.2) is 0 Å². The smallest absolute Gasteiger partial charge is 0.333 e. The normalized spacial score (nSPS) is 25.5. The molecule has 16 heavy (non-hydrogen) atoms. The summed E-state index contributed by atoms with van der Waals surface area (Å²) in [6.07, 6.45) is 3.33. The van der Waals surface area contributed by atoms with Crippen LogP contribution in [0, 0.1) is 0 Å². The van der Waals surface area contributed by atoms with E-state index in [0.29, 0.717) is 12.2 Å². The third-order valence-corrected chi connectivity index (χ3v) is 5.96. The maximum atomic E-state index is 11.4. The molecule has 0 aromatic heterocycles. The zero-order valence-corrected chi connectivity index (χ0v) is 11.7. The van der Waals surface area contributed by atoms with Gasteiger partial charge in [-0.15, -0.1) is 0 Å². The van der Waals surface area contributed by atoms with Crippen molar-refractivity contribution < 1.29 is 14.3 Å². The molecule has 1 unspecified atom stereocenters. The lowest BCUT2D eigenvalue weighted by Crippen LogP contribution is -2.51. The molecular weight excluding hydrogens is 220 g/mol. The highest BCUT2D eigenvalue weighted by Gasteiger charge is 2.38. The zero-order valence-electron chi connectivity index (χ0n) is 10.5. The molecule has 0 radical (unpaired) electrons. The molecule has 1 heterocycles. The average molecular weight is 242 g/mol. The van der Waals surface area contributed by atoms with Gasteiger partial charge in [-0.05, 0) is 26.2 Å². The van der Waals surface area contributed by atoms with Crippen LogP contribution in [0.2, 0.25) is 13.1 Å². The molecule has 0 bridgehead atoms. The summed E-state index contributed by atoms with van der Waals surface area (Å²) in [4.78, 5) is 11.4. The fraction of sp³-hybridized carbons (Fsp3) is 0.750. The zero-order chi connectivity index (χ0) is 12.2. The van der Waals surface area contributed by atoms with Crippen LogP contribution in [-0.2, 0) is 14.3 Å². The first-order valence-corrected chi connectivity index (χ1v) is 8.83. The van der Waals surface area contributed by atoms with E-state index in [1.54, 1.807) is 6.92 Å². The summed E-state index contributed by atoms with van der Waals surface area (Å²) in [6.45, 7) is 11.0. The molecule has 0 amide bonds. The van der Waals surface area contributed by atoms with E-state index in [2.05, 4.69) is 19.7 Å². The lowest BCUT2D eigenvalue weighted by molar-refractivity contribution is -0.147. The summed E-state index contributed by atoms with van der Waals surface area (Å²) < 4.78 is 11.2. The van der Waals surface area contributed by atoms with Gasteiger partial charge in [-0.3, -0.25) is 0 Å². The van der Waals surface area contributed by atoms with Crippen molar-refractivity contribution >= 4 is 14.8 Å². The van der Waals surface area contributed by atoms with E-state index in [4.69, 9.17) is 9.47 Å². The Morgan fingerprint density at radius 3 is 2.62 bits per heavy atom. The van der Waals surface area contributed by atoms with E-state index < -0.39 is 8.80 Å². The van der Waals surface area contributed by atoms with Gasteiger partial charge in [0.05, 0.1) is 14.0 Å². The maximum Gasteiger partial charge on any atom is 0.333 e. The number of carbonyl (C=O) groups is 1. The topological polar surface area (TPSA) is 35.5 Å². The lowest BCUT2D eigenvalue weighted by Gasteiger charge is -2.39. The molecule has 4 heteroatoms. The Morgan fingerprint density at radius 2 is 2.19 bits per heavy atom. The summed E-state index contributed by atoms with van der Waals surface area (Å²) >= 11 is 0. The largest absolute Gasteiger partial charge is 0.460 e. The molecular formula is C12H22O3Si. The van der Waals surface area contributed by atoms with Crippen molar-refractivity contribution in [2.45, 2.75) is 44.5 Å². The number of hydrogen-bond donors (Lipinski definition) is 0. The summed E-state index contributed by atoms with van der Waals surface area (Å²) in [5.41, 5.74) is 0.455. The van der Waals surface area contributed by atoms with Crippen molar-refractivity contribution in [3.8, 4) is 0 Å². The predicted octanol–water partition coefficient (Wildman–Crippen LogP) is 2.07. The molecule has 0 aliphatic carbocycles. The van der Waals surface area contributed by atoms with Crippen molar-refractivity contribution in [3.63, 3.8) is 0 Å². The summed E-state index contributed by atoms with van der Waals surface area (Å²) in [5.74, 6) is -0.303. The second-order valence-corrected chi connectivity index (χ2v) is 8.24. The van der Waals surface area contributed by atoms with Crippen LogP contribution in [0.15, 0.2) is 12.2 Å². The van der Waals surface area contributed by atoms with Crippen molar-refractivity contribution in [1.82, 2.24) is 0 Å². The van der Waals surface area contributed by atoms with Crippen LogP contribution >= 0.6 is 0 Å². The minimum Gasteiger partial charge on any atom is -0.460 e. The molecule has 0 N–H and O–H groups in total. The molecule has 0 spiro atoms. The van der Waals surface area contributed by atoms with Crippen molar-refractivity contribution in [2.24, 2.45) is 0 Å². The Balaban J connectivity index is 2.57. The van der Waals surface area contributed by atoms with E-state index in [0.717, 1.165) is 19.4 Å². The van der Waals surface area contributed by atoms with Crippen LogP contribution in [-0.4, -0.2) is 33.2 Å². The van der Waals surface area contributed by atoms with E-state index in [1.807, 2.05) is 0 Å². The number of carbonyl (C=O) groups excluding carboxylic acids is 1. The molecule has 1 aliphatic heterocycles. The monoisotopic (exact) mass is 242 g/mol. The molecule has 1 fully saturated rings. The Bertz CT molecular complexity index is 267. The second kappa shape index (κ2) is 5.64. The van der Waals surface area contributed by atoms with E-state index >= 15 is 0 Å². The third kappa shape index (κ3) is 3.19. The first-order valence-electron chi connectivity index (χ1n) is 5.94. The van der Waals surface area contributed by atoms with Gasteiger partial charge in [0.25, 0.3) is 0 Å². The van der Waals surface area contributed by atoms with Gasteiger partial charge in [-0.1, -0.05) is 19.7 Å². The highest BCUT2D eigenvalue weighted by Crippen LogP contribution is 2.28. The van der Waals surface area contributed by atoms with Gasteiger partial charge in [0.1, 0.15) is 6.61 Å². The second-order valence-electron chi connectivity index (χ2n) is 4.88. The van der Waals surface area contributed by atoms with Crippen LogP contribution in [0.3, 0.4) is 0 Å². The van der Waals surface area contributed by atoms with Gasteiger partial charge in [0.2, 0.25) is 0 Å². The fourth-order valence-corrected chi connectivity index (χ4v) is 3.57. The van der Waals surface area contributed by atoms with Gasteiger partial charge in [-0.2, -0.15) is 0 Å². The van der Waals surface area contributed by atoms with Crippen LogP contribution in [0.1, 0.15) is 26.2 Å². The van der Waals surface area contributed by atoms with Gasteiger partial charge >= 0.3 is 5.97 Å². The van der Waals surface area contributed by atoms with E-state index in [-0.39, 0.29) is 11.2 Å². The summed E-state index contributed by atoms with van der Waals surface area (Å²) in [5, 5.41) is -0.149. The van der Waals surface area contributed by atoms with E-state index in [1.165, 1.54) is 6.42 Å². The van der Waals surface area contributed by atoms with Crippen molar-refractivity contribution in [3.05, 3.63) is 12.2 Å². The first kappa shape index (κ1) is 13.5. The lowest BCUT2D eigenvalue weighted by atomic mass is 10.1. The Kier molecular flexibility index (Phi) is 4.74. The quantitative estimate of drug-likeness (QED) is 0.430. The minimum atomic E-state index is -1.01. The van der Waals surface area contributed by atoms with Crippen LogP contribution in [0.4, 0.5) is 0 Å². The Morgan fingerprint density at radius 1 is 1.50 bits per heavy atom. The SMILES string of the molecule is C=C(C)C(=O)OCC1([SiH](C)C)CCCCO1. The van der Waals surface area contributed by atoms with Gasteiger partial charge in [0, 0.05) is 12.2 Å². The molecule has 92 valence electrons. The number of hydrogen-bond acceptors (Lipinski definition) is 3. The highest BCUT2D eigenvalue weighted by molar-refractivity contribution is 6.59. The van der Waals surface area contributed by atoms with Crippen LogP contribution < -0.4 is 0 Å². The molecule has 3 nitrogen and oxygen atoms in total. The summed E-state index contributed by atoms with van der Waals surface area (Å²) in [6, 6.07) is 0. The Labute approximate surface area is 99.4 Å². The molecule has 1 aliphatic rings. The fourth-order valence-electron chi connectivity index (χ4n) is 1.92. The standard InChI is InChI=1S/C12H22O3Si/c1-10(2)11(13)14-9-12(16(3)4)7-5-6-8-15-12/h16H,1,5-9H2,2-4H3. The third-order valence-electron chi connectivity index (χ3n) is 3.23. The minimum absolute atomic E-state index is 0.149. The molecule has 0 aromatic rings. The molecule has 1 rings (SSSR count). The average Bonchev–Trinajstić information content (AvgIpc) is 2.26. The van der Waals surface area contributed by atoms with Gasteiger partial charge in [-0.25, -0.2) is 4.79 Å². The first-order chi connectivity index (χ1) is 7.48. The van der Waals surface area contributed by atoms with Crippen LogP contribution in [0.5, 0.6) is 0 Å². The molecule has 0 saturated carbocycles. The number of esters is 1. The molecule has 1 atom stereocenters. The van der Waals surface area contributed by atoms with Gasteiger partial charge < -0.3 is 9.47 Å². The highest BCUT2D eigenvalue weighted by atomic mass is 28.3. The van der Waals surface area contributed by atoms with Crippen molar-refractivity contribution in [2.75, 3.05) is 13.2 Å². The van der Waals surface area contributed by atoms with Crippen molar-refractivity contribution in [1.29, 1.82) is 0 Å². The maximum absolute atomic E-state index is 11.4. The summed E-state index contributed by atoms with van der Waals surface area (Å²) in [7, 11) is -1.01. The Hall–Kier alpha value is -0.613. The van der Waals surface area contributed by atoms with E-state index in [9.17, 15) is 4.79 Å². The number of ether oxygens (including phenoxy) is 2.